The lowest BCUT2D eigenvalue weighted by Crippen LogP contribution is -2.30. The van der Waals surface area contributed by atoms with Crippen molar-refractivity contribution in [2.45, 2.75) is 322 Å². The zero-order valence-electron chi connectivity index (χ0n) is 49.6. The maximum atomic E-state index is 12.9. The zero-order chi connectivity index (χ0) is 54.3. The van der Waals surface area contributed by atoms with Crippen LogP contribution in [0, 0.1) is 0 Å². The Balaban J connectivity index is 4.34. The van der Waals surface area contributed by atoms with Crippen molar-refractivity contribution < 1.29 is 28.6 Å². The molecule has 0 fully saturated rings. The van der Waals surface area contributed by atoms with E-state index in [1.165, 1.54) is 167 Å². The number of hydrogen-bond acceptors (Lipinski definition) is 6. The predicted octanol–water partition coefficient (Wildman–Crippen LogP) is 21.9. The van der Waals surface area contributed by atoms with Crippen LogP contribution in [0.3, 0.4) is 0 Å². The summed E-state index contributed by atoms with van der Waals surface area (Å²) in [6, 6.07) is 0. The summed E-state index contributed by atoms with van der Waals surface area (Å²) in [5.41, 5.74) is 0. The highest BCUT2D eigenvalue weighted by molar-refractivity contribution is 5.71. The molecule has 0 saturated heterocycles. The van der Waals surface area contributed by atoms with Crippen molar-refractivity contribution in [1.82, 2.24) is 0 Å². The number of carbonyl (C=O) groups is 3. The Morgan fingerprint density at radius 1 is 0.280 bits per heavy atom. The molecule has 0 amide bonds. The molecule has 0 heterocycles. The van der Waals surface area contributed by atoms with E-state index >= 15 is 0 Å². The van der Waals surface area contributed by atoms with Gasteiger partial charge in [0.05, 0.1) is 0 Å². The largest absolute Gasteiger partial charge is 0.462 e. The Kier molecular flexibility index (Phi) is 60.3. The highest BCUT2D eigenvalue weighted by atomic mass is 16.6. The Hall–Kier alpha value is -3.41. The minimum atomic E-state index is -0.783. The SMILES string of the molecule is CC/C=C\C/C=C\C/C=C\C/C=C\C/C=C\CCCCCCCCCCCC(=O)OCC(COC(=O)CCCCCCCCCCCCCCCCC)OC(=O)CCCCCCCCC/C=C\C/C=C\CCCCC. The molecule has 0 aromatic heterocycles. The van der Waals surface area contributed by atoms with E-state index in [9.17, 15) is 14.4 Å². The van der Waals surface area contributed by atoms with Crippen LogP contribution in [0.2, 0.25) is 0 Å². The second-order valence-electron chi connectivity index (χ2n) is 21.3. The van der Waals surface area contributed by atoms with Crippen LogP contribution in [-0.2, 0) is 28.6 Å². The summed E-state index contributed by atoms with van der Waals surface area (Å²) >= 11 is 0. The first-order valence-corrected chi connectivity index (χ1v) is 32.1. The molecule has 0 saturated carbocycles. The van der Waals surface area contributed by atoms with Gasteiger partial charge in [0, 0.05) is 19.3 Å². The fourth-order valence-electron chi connectivity index (χ4n) is 9.09. The standard InChI is InChI=1S/C69H120O6/c1-4-7-10-13-16-19-22-25-28-30-31-32-33-34-35-36-37-39-41-44-47-50-53-56-59-62-68(71)74-65-66(64-73-67(70)61-58-55-52-49-46-43-40-27-24-21-18-15-12-9-6-3)75-69(72)63-60-57-54-51-48-45-42-38-29-26-23-20-17-14-11-8-5-2/h7,10,16-17,19-20,25-26,28-29,31-32,34-35,66H,4-6,8-9,11-15,18,21-24,27,30,33,36-65H2,1-3H3/b10-7-,19-16-,20-17-,28-25-,29-26-,32-31-,35-34-. The lowest BCUT2D eigenvalue weighted by Gasteiger charge is -2.18. The van der Waals surface area contributed by atoms with Crippen LogP contribution < -0.4 is 0 Å². The number of carbonyl (C=O) groups excluding carboxylic acids is 3. The molecule has 0 aliphatic carbocycles. The molecule has 6 heteroatoms. The van der Waals surface area contributed by atoms with E-state index in [0.29, 0.717) is 19.3 Å². The van der Waals surface area contributed by atoms with Crippen LogP contribution in [0.4, 0.5) is 0 Å². The van der Waals surface area contributed by atoms with Crippen molar-refractivity contribution in [3.63, 3.8) is 0 Å². The third-order valence-corrected chi connectivity index (χ3v) is 13.9. The first-order chi connectivity index (χ1) is 37.0. The Labute approximate surface area is 465 Å². The van der Waals surface area contributed by atoms with E-state index in [1.807, 2.05) is 0 Å². The molecule has 6 nitrogen and oxygen atoms in total. The van der Waals surface area contributed by atoms with E-state index in [4.69, 9.17) is 14.2 Å². The number of allylic oxidation sites excluding steroid dienone is 14. The minimum absolute atomic E-state index is 0.0785. The van der Waals surface area contributed by atoms with Crippen molar-refractivity contribution in [1.29, 1.82) is 0 Å². The van der Waals surface area contributed by atoms with Gasteiger partial charge in [-0.05, 0) is 96.3 Å². The highest BCUT2D eigenvalue weighted by Gasteiger charge is 2.19. The first-order valence-electron chi connectivity index (χ1n) is 32.1. The van der Waals surface area contributed by atoms with Gasteiger partial charge in [0.1, 0.15) is 13.2 Å². The first kappa shape index (κ1) is 71.6. The van der Waals surface area contributed by atoms with Gasteiger partial charge in [0.2, 0.25) is 0 Å². The summed E-state index contributed by atoms with van der Waals surface area (Å²) in [7, 11) is 0. The number of rotatable bonds is 58. The topological polar surface area (TPSA) is 78.9 Å². The summed E-state index contributed by atoms with van der Waals surface area (Å²) in [6.45, 7) is 6.53. The molecule has 0 aliphatic heterocycles. The van der Waals surface area contributed by atoms with Gasteiger partial charge in [0.15, 0.2) is 6.10 Å². The van der Waals surface area contributed by atoms with Crippen LogP contribution in [0.15, 0.2) is 85.1 Å². The average Bonchev–Trinajstić information content (AvgIpc) is 3.41. The Morgan fingerprint density at radius 2 is 0.520 bits per heavy atom. The molecular formula is C69H120O6. The van der Waals surface area contributed by atoms with Crippen LogP contribution in [0.25, 0.3) is 0 Å². The van der Waals surface area contributed by atoms with Crippen LogP contribution in [0.1, 0.15) is 316 Å². The molecule has 0 radical (unpaired) electrons. The van der Waals surface area contributed by atoms with Crippen molar-refractivity contribution in [3.8, 4) is 0 Å². The summed E-state index contributed by atoms with van der Waals surface area (Å²) in [5.74, 6) is -0.879. The molecular weight excluding hydrogens is 925 g/mol. The molecule has 0 aromatic rings. The van der Waals surface area contributed by atoms with Crippen molar-refractivity contribution in [3.05, 3.63) is 85.1 Å². The maximum absolute atomic E-state index is 12.9. The van der Waals surface area contributed by atoms with Gasteiger partial charge < -0.3 is 14.2 Å². The van der Waals surface area contributed by atoms with E-state index < -0.39 is 6.10 Å². The molecule has 1 atom stereocenters. The van der Waals surface area contributed by atoms with Crippen LogP contribution >= 0.6 is 0 Å². The van der Waals surface area contributed by atoms with Crippen LogP contribution in [0.5, 0.6) is 0 Å². The summed E-state index contributed by atoms with van der Waals surface area (Å²) in [4.78, 5) is 38.3. The summed E-state index contributed by atoms with van der Waals surface area (Å²) < 4.78 is 16.9. The lowest BCUT2D eigenvalue weighted by atomic mass is 10.0. The Bertz CT molecular complexity index is 1430. The predicted molar refractivity (Wildman–Crippen MR) is 325 cm³/mol. The average molecular weight is 1050 g/mol. The summed E-state index contributed by atoms with van der Waals surface area (Å²) in [6.07, 6.45) is 82.9. The molecule has 0 N–H and O–H groups in total. The Morgan fingerprint density at radius 3 is 0.840 bits per heavy atom. The third-order valence-electron chi connectivity index (χ3n) is 13.9. The summed E-state index contributed by atoms with van der Waals surface area (Å²) in [5, 5.41) is 0. The highest BCUT2D eigenvalue weighted by Crippen LogP contribution is 2.16. The van der Waals surface area contributed by atoms with E-state index in [2.05, 4.69) is 106 Å². The molecule has 0 aromatic carbocycles. The van der Waals surface area contributed by atoms with E-state index in [-0.39, 0.29) is 31.1 Å². The molecule has 75 heavy (non-hydrogen) atoms. The smallest absolute Gasteiger partial charge is 0.306 e. The van der Waals surface area contributed by atoms with Gasteiger partial charge in [0.25, 0.3) is 0 Å². The molecule has 0 spiro atoms. The second-order valence-corrected chi connectivity index (χ2v) is 21.3. The van der Waals surface area contributed by atoms with Crippen molar-refractivity contribution >= 4 is 17.9 Å². The minimum Gasteiger partial charge on any atom is -0.462 e. The second kappa shape index (κ2) is 63.1. The molecule has 0 rings (SSSR count). The van der Waals surface area contributed by atoms with Gasteiger partial charge in [-0.15, -0.1) is 0 Å². The quantitative estimate of drug-likeness (QED) is 0.0261. The van der Waals surface area contributed by atoms with Gasteiger partial charge >= 0.3 is 17.9 Å². The number of unbranched alkanes of at least 4 members (excludes halogenated alkanes) is 33. The molecule has 0 aliphatic rings. The van der Waals surface area contributed by atoms with E-state index in [1.54, 1.807) is 0 Å². The molecule has 432 valence electrons. The zero-order valence-corrected chi connectivity index (χ0v) is 49.6. The number of ether oxygens (including phenoxy) is 3. The normalized spacial score (nSPS) is 12.6. The van der Waals surface area contributed by atoms with Gasteiger partial charge in [-0.3, -0.25) is 14.4 Å². The third kappa shape index (κ3) is 61.3. The van der Waals surface area contributed by atoms with Gasteiger partial charge in [-0.2, -0.15) is 0 Å². The molecule has 0 bridgehead atoms. The number of esters is 3. The van der Waals surface area contributed by atoms with E-state index in [0.717, 1.165) is 109 Å². The fourth-order valence-corrected chi connectivity index (χ4v) is 9.09. The van der Waals surface area contributed by atoms with Gasteiger partial charge in [-0.1, -0.05) is 286 Å². The maximum Gasteiger partial charge on any atom is 0.306 e. The van der Waals surface area contributed by atoms with Crippen LogP contribution in [-0.4, -0.2) is 37.2 Å². The monoisotopic (exact) mass is 1040 g/mol. The molecule has 1 unspecified atom stereocenters. The fraction of sp³-hybridized carbons (Fsp3) is 0.754. The van der Waals surface area contributed by atoms with Gasteiger partial charge in [-0.25, -0.2) is 0 Å². The van der Waals surface area contributed by atoms with Crippen molar-refractivity contribution in [2.24, 2.45) is 0 Å². The van der Waals surface area contributed by atoms with Crippen molar-refractivity contribution in [2.75, 3.05) is 13.2 Å². The number of hydrogen-bond donors (Lipinski definition) is 0. The lowest BCUT2D eigenvalue weighted by molar-refractivity contribution is -0.167.